The van der Waals surface area contributed by atoms with Crippen LogP contribution in [0.5, 0.6) is 0 Å². The van der Waals surface area contributed by atoms with Crippen molar-refractivity contribution >= 4 is 17.3 Å². The lowest BCUT2D eigenvalue weighted by Gasteiger charge is -2.38. The van der Waals surface area contributed by atoms with E-state index < -0.39 is 0 Å². The lowest BCUT2D eigenvalue weighted by atomic mass is 9.76. The number of hydrogen-bond donors (Lipinski definition) is 2. The molecule has 5 rings (SSSR count). The summed E-state index contributed by atoms with van der Waals surface area (Å²) in [5.74, 6) is 0.409. The van der Waals surface area contributed by atoms with Gasteiger partial charge in [-0.1, -0.05) is 66.7 Å². The Morgan fingerprint density at radius 3 is 2.58 bits per heavy atom. The predicted octanol–water partition coefficient (Wildman–Crippen LogP) is 5.39. The maximum Gasteiger partial charge on any atom is 0.269 e. The van der Waals surface area contributed by atoms with Crippen LogP contribution in [0.1, 0.15) is 45.4 Å². The molecule has 2 N–H and O–H groups in total. The van der Waals surface area contributed by atoms with E-state index in [1.807, 2.05) is 42.5 Å². The van der Waals surface area contributed by atoms with E-state index in [2.05, 4.69) is 41.0 Å². The van der Waals surface area contributed by atoms with Crippen LogP contribution in [0.4, 0.5) is 11.4 Å². The topological polar surface area (TPSA) is 84.3 Å². The molecule has 0 bridgehead atoms. The molecule has 6 heteroatoms. The Hall–Kier alpha value is -3.93. The maximum absolute atomic E-state index is 13.1. The largest absolute Gasteiger partial charge is 0.377 e. The Morgan fingerprint density at radius 1 is 1.03 bits per heavy atom. The molecule has 3 atom stereocenters. The first-order valence-corrected chi connectivity index (χ1v) is 11.2. The van der Waals surface area contributed by atoms with Crippen LogP contribution in [0.2, 0.25) is 0 Å². The van der Waals surface area contributed by atoms with Crippen molar-refractivity contribution in [1.29, 1.82) is 0 Å². The molecule has 33 heavy (non-hydrogen) atoms. The standard InChI is InChI=1S/C27H25N3O3/c31-27(28-17-16-18-6-2-1-3-7-18)24-11-5-10-23-21-8-4-9-22(21)25(29-26(23)24)19-12-14-20(15-13-19)30(32)33/h1-8,10-15,21-22,25,29H,9,16-17H2,(H,28,31). The van der Waals surface area contributed by atoms with Crippen LogP contribution in [0.25, 0.3) is 0 Å². The Labute approximate surface area is 192 Å². The number of benzene rings is 3. The van der Waals surface area contributed by atoms with Crippen molar-refractivity contribution in [3.63, 3.8) is 0 Å². The Morgan fingerprint density at radius 2 is 1.82 bits per heavy atom. The van der Waals surface area contributed by atoms with Crippen LogP contribution in [0.3, 0.4) is 0 Å². The number of carbonyl (C=O) groups excluding carboxylic acids is 1. The number of nitrogens with zero attached hydrogens (tertiary/aromatic N) is 1. The highest BCUT2D eigenvalue weighted by Crippen LogP contribution is 2.50. The minimum Gasteiger partial charge on any atom is -0.377 e. The van der Waals surface area contributed by atoms with Gasteiger partial charge in [-0.15, -0.1) is 0 Å². The van der Waals surface area contributed by atoms with Gasteiger partial charge in [-0.05, 0) is 41.5 Å². The molecule has 0 fully saturated rings. The van der Waals surface area contributed by atoms with Crippen LogP contribution in [-0.4, -0.2) is 17.4 Å². The molecule has 3 aromatic carbocycles. The first-order valence-electron chi connectivity index (χ1n) is 11.2. The van der Waals surface area contributed by atoms with E-state index >= 15 is 0 Å². The summed E-state index contributed by atoms with van der Waals surface area (Å²) in [7, 11) is 0. The average molecular weight is 440 g/mol. The normalized spacial score (nSPS) is 20.4. The van der Waals surface area contributed by atoms with E-state index in [1.165, 1.54) is 5.56 Å². The quantitative estimate of drug-likeness (QED) is 0.306. The van der Waals surface area contributed by atoms with Crippen molar-refractivity contribution in [3.05, 3.63) is 117 Å². The van der Waals surface area contributed by atoms with E-state index in [9.17, 15) is 14.9 Å². The fourth-order valence-electron chi connectivity index (χ4n) is 5.00. The number of nitro groups is 1. The lowest BCUT2D eigenvalue weighted by molar-refractivity contribution is -0.384. The van der Waals surface area contributed by atoms with Crippen molar-refractivity contribution in [3.8, 4) is 0 Å². The van der Waals surface area contributed by atoms with Gasteiger partial charge in [-0.3, -0.25) is 14.9 Å². The molecule has 1 aliphatic heterocycles. The monoisotopic (exact) mass is 439 g/mol. The third-order valence-corrected chi connectivity index (χ3v) is 6.65. The predicted molar refractivity (Wildman–Crippen MR) is 128 cm³/mol. The zero-order valence-electron chi connectivity index (χ0n) is 18.1. The van der Waals surface area contributed by atoms with Crippen LogP contribution in [0.15, 0.2) is 84.9 Å². The summed E-state index contributed by atoms with van der Waals surface area (Å²) in [6.07, 6.45) is 6.11. The molecule has 1 amide bonds. The molecule has 2 aliphatic rings. The Bertz CT molecular complexity index is 1210. The van der Waals surface area contributed by atoms with E-state index in [4.69, 9.17) is 0 Å². The van der Waals surface area contributed by atoms with Crippen LogP contribution >= 0.6 is 0 Å². The molecular formula is C27H25N3O3. The first kappa shape index (κ1) is 20.9. The summed E-state index contributed by atoms with van der Waals surface area (Å²) in [5, 5.41) is 17.7. The van der Waals surface area contributed by atoms with Gasteiger partial charge in [0.2, 0.25) is 0 Å². The number of allylic oxidation sites excluding steroid dienone is 2. The molecule has 0 saturated heterocycles. The fourth-order valence-corrected chi connectivity index (χ4v) is 5.00. The second-order valence-electron chi connectivity index (χ2n) is 8.59. The number of hydrogen-bond acceptors (Lipinski definition) is 4. The molecule has 166 valence electrons. The smallest absolute Gasteiger partial charge is 0.269 e. The molecule has 1 heterocycles. The molecular weight excluding hydrogens is 414 g/mol. The highest BCUT2D eigenvalue weighted by atomic mass is 16.6. The van der Waals surface area contributed by atoms with E-state index in [1.54, 1.807) is 12.1 Å². The van der Waals surface area contributed by atoms with E-state index in [-0.39, 0.29) is 28.5 Å². The maximum atomic E-state index is 13.1. The zero-order chi connectivity index (χ0) is 22.8. The molecule has 1 aliphatic carbocycles. The average Bonchev–Trinajstić information content (AvgIpc) is 3.34. The molecule has 3 unspecified atom stereocenters. The number of anilines is 1. The van der Waals surface area contributed by atoms with E-state index in [0.29, 0.717) is 18.0 Å². The number of non-ortho nitro benzene ring substituents is 1. The van der Waals surface area contributed by atoms with Crippen LogP contribution in [0, 0.1) is 16.0 Å². The lowest BCUT2D eigenvalue weighted by Crippen LogP contribution is -2.32. The summed E-state index contributed by atoms with van der Waals surface area (Å²) in [6, 6.07) is 22.7. The van der Waals surface area contributed by atoms with Crippen molar-refractivity contribution in [2.75, 3.05) is 11.9 Å². The minimum atomic E-state index is -0.384. The second-order valence-corrected chi connectivity index (χ2v) is 8.59. The number of carbonyl (C=O) groups is 1. The number of fused-ring (bicyclic) bond motifs is 3. The van der Waals surface area contributed by atoms with Gasteiger partial charge in [0.05, 0.1) is 22.2 Å². The zero-order valence-corrected chi connectivity index (χ0v) is 18.1. The van der Waals surface area contributed by atoms with Gasteiger partial charge < -0.3 is 10.6 Å². The van der Waals surface area contributed by atoms with Gasteiger partial charge in [-0.25, -0.2) is 0 Å². The van der Waals surface area contributed by atoms with Crippen LogP contribution < -0.4 is 10.6 Å². The van der Waals surface area contributed by atoms with Gasteiger partial charge >= 0.3 is 0 Å². The highest BCUT2D eigenvalue weighted by Gasteiger charge is 2.39. The first-order chi connectivity index (χ1) is 16.1. The van der Waals surface area contributed by atoms with Gasteiger partial charge in [0.1, 0.15) is 0 Å². The van der Waals surface area contributed by atoms with E-state index in [0.717, 1.165) is 29.7 Å². The Kier molecular flexibility index (Phi) is 5.65. The third kappa shape index (κ3) is 4.12. The van der Waals surface area contributed by atoms with Crippen molar-refractivity contribution in [2.24, 2.45) is 5.92 Å². The number of nitrogens with one attached hydrogen (secondary N) is 2. The number of amides is 1. The molecule has 0 aromatic heterocycles. The van der Waals surface area contributed by atoms with Gasteiger partial charge in [0, 0.05) is 24.6 Å². The van der Waals surface area contributed by atoms with Gasteiger partial charge in [-0.2, -0.15) is 0 Å². The second kappa shape index (κ2) is 8.90. The number of nitro benzene ring substituents is 1. The summed E-state index contributed by atoms with van der Waals surface area (Å²) >= 11 is 0. The van der Waals surface area contributed by atoms with Gasteiger partial charge in [0.15, 0.2) is 0 Å². The minimum absolute atomic E-state index is 0.0310. The van der Waals surface area contributed by atoms with Crippen molar-refractivity contribution in [1.82, 2.24) is 5.32 Å². The summed E-state index contributed by atoms with van der Waals surface area (Å²) in [4.78, 5) is 23.8. The number of rotatable bonds is 6. The summed E-state index contributed by atoms with van der Waals surface area (Å²) in [6.45, 7) is 0.560. The third-order valence-electron chi connectivity index (χ3n) is 6.65. The molecule has 0 saturated carbocycles. The summed E-state index contributed by atoms with van der Waals surface area (Å²) in [5.41, 5.74) is 4.86. The molecule has 0 radical (unpaired) electrons. The van der Waals surface area contributed by atoms with Crippen molar-refractivity contribution < 1.29 is 9.72 Å². The van der Waals surface area contributed by atoms with Gasteiger partial charge in [0.25, 0.3) is 11.6 Å². The fraction of sp³-hybridized carbons (Fsp3) is 0.222. The molecule has 6 nitrogen and oxygen atoms in total. The Balaban J connectivity index is 1.40. The number of para-hydroxylation sites is 1. The molecule has 3 aromatic rings. The highest BCUT2D eigenvalue weighted by molar-refractivity contribution is 6.00. The summed E-state index contributed by atoms with van der Waals surface area (Å²) < 4.78 is 0. The SMILES string of the molecule is O=C(NCCc1ccccc1)c1cccc2c1NC(c1ccc([N+](=O)[O-])cc1)C1CC=CC21. The van der Waals surface area contributed by atoms with Crippen molar-refractivity contribution in [2.45, 2.75) is 24.8 Å². The molecule has 0 spiro atoms. The van der Waals surface area contributed by atoms with Crippen LogP contribution in [-0.2, 0) is 6.42 Å².